The summed E-state index contributed by atoms with van der Waals surface area (Å²) in [5, 5.41) is 5.17. The van der Waals surface area contributed by atoms with Crippen molar-refractivity contribution in [2.45, 2.75) is 6.54 Å². The van der Waals surface area contributed by atoms with Gasteiger partial charge in [-0.2, -0.15) is 5.10 Å². The fourth-order valence-electron chi connectivity index (χ4n) is 2.83. The van der Waals surface area contributed by atoms with Gasteiger partial charge < -0.3 is 9.47 Å². The van der Waals surface area contributed by atoms with Gasteiger partial charge in [0.15, 0.2) is 0 Å². The first kappa shape index (κ1) is 15.6. The van der Waals surface area contributed by atoms with Crippen molar-refractivity contribution in [3.63, 3.8) is 0 Å². The molecule has 0 aliphatic carbocycles. The van der Waals surface area contributed by atoms with Crippen molar-refractivity contribution in [1.29, 1.82) is 0 Å². The number of benzene rings is 1. The number of amides is 1. The van der Waals surface area contributed by atoms with Gasteiger partial charge in [-0.25, -0.2) is 4.98 Å². The van der Waals surface area contributed by atoms with Crippen molar-refractivity contribution < 1.29 is 4.79 Å². The largest absolute Gasteiger partial charge is 0.335 e. The van der Waals surface area contributed by atoms with E-state index in [9.17, 15) is 4.79 Å². The number of aryl methyl sites for hydroxylation is 1. The Bertz CT molecular complexity index is 998. The molecule has 0 fully saturated rings. The number of hydrogen-bond acceptors (Lipinski definition) is 4. The van der Waals surface area contributed by atoms with E-state index >= 15 is 0 Å². The number of para-hydroxylation sites is 1. The van der Waals surface area contributed by atoms with Crippen molar-refractivity contribution in [2.75, 3.05) is 7.05 Å². The lowest BCUT2D eigenvalue weighted by molar-refractivity contribution is 0.0785. The number of carbonyl (C=O) groups excluding carboxylic acids is 1. The van der Waals surface area contributed by atoms with Crippen molar-refractivity contribution in [3.05, 3.63) is 65.6 Å². The van der Waals surface area contributed by atoms with Gasteiger partial charge in [0, 0.05) is 26.5 Å². The molecule has 0 radical (unpaired) electrons. The molecule has 0 aliphatic rings. The Morgan fingerprint density at radius 1 is 1.20 bits per heavy atom. The molecule has 1 aromatic carbocycles. The van der Waals surface area contributed by atoms with E-state index in [0.29, 0.717) is 12.1 Å². The molecule has 0 saturated heterocycles. The Morgan fingerprint density at radius 2 is 1.96 bits per heavy atom. The van der Waals surface area contributed by atoms with Gasteiger partial charge in [0.2, 0.25) is 0 Å². The molecule has 3 heterocycles. The highest BCUT2D eigenvalue weighted by atomic mass is 32.1. The smallest absolute Gasteiger partial charge is 0.259 e. The van der Waals surface area contributed by atoms with Crippen LogP contribution >= 0.6 is 11.3 Å². The Morgan fingerprint density at radius 3 is 2.72 bits per heavy atom. The lowest BCUT2D eigenvalue weighted by Crippen LogP contribution is -2.27. The summed E-state index contributed by atoms with van der Waals surface area (Å²) in [5.74, 6) is 0.683. The Hall–Kier alpha value is -2.93. The number of rotatable bonds is 4. The first-order valence-electron chi connectivity index (χ1n) is 7.89. The minimum absolute atomic E-state index is 0.0731. The number of carbonyl (C=O) groups is 1. The van der Waals surface area contributed by atoms with Gasteiger partial charge in [-0.15, -0.1) is 11.3 Å². The number of nitrogens with zero attached hydrogens (tertiary/aromatic N) is 5. The van der Waals surface area contributed by atoms with E-state index in [-0.39, 0.29) is 5.91 Å². The van der Waals surface area contributed by atoms with Crippen molar-refractivity contribution in [2.24, 2.45) is 7.05 Å². The molecule has 0 bridgehead atoms. The predicted molar refractivity (Wildman–Crippen MR) is 98.0 cm³/mol. The third-order valence-electron chi connectivity index (χ3n) is 4.04. The third-order valence-corrected chi connectivity index (χ3v) is 5.07. The third kappa shape index (κ3) is 2.83. The summed E-state index contributed by atoms with van der Waals surface area (Å²) >= 11 is 1.61. The van der Waals surface area contributed by atoms with E-state index in [0.717, 1.165) is 21.0 Å². The van der Waals surface area contributed by atoms with E-state index in [1.807, 2.05) is 60.4 Å². The molecule has 0 atom stereocenters. The summed E-state index contributed by atoms with van der Waals surface area (Å²) in [6, 6.07) is 11.8. The van der Waals surface area contributed by atoms with Crippen LogP contribution in [-0.2, 0) is 13.6 Å². The van der Waals surface area contributed by atoms with Gasteiger partial charge in [-0.3, -0.25) is 9.48 Å². The first-order chi connectivity index (χ1) is 12.1. The molecule has 4 aromatic rings. The minimum atomic E-state index is -0.0731. The number of aromatic nitrogens is 4. The summed E-state index contributed by atoms with van der Waals surface area (Å²) < 4.78 is 4.73. The molecular weight excluding hydrogens is 334 g/mol. The van der Waals surface area contributed by atoms with Gasteiger partial charge >= 0.3 is 0 Å². The fraction of sp³-hybridized carbons (Fsp3) is 0.167. The molecule has 3 aromatic heterocycles. The zero-order valence-electron chi connectivity index (χ0n) is 14.0. The molecule has 7 heteroatoms. The van der Waals surface area contributed by atoms with Gasteiger partial charge in [0.1, 0.15) is 16.4 Å². The molecule has 126 valence electrons. The molecule has 0 N–H and O–H groups in total. The molecule has 0 aliphatic heterocycles. The maximum Gasteiger partial charge on any atom is 0.259 e. The monoisotopic (exact) mass is 351 g/mol. The van der Waals surface area contributed by atoms with Crippen LogP contribution in [0.1, 0.15) is 15.4 Å². The Balaban J connectivity index is 1.61. The highest BCUT2D eigenvalue weighted by molar-refractivity contribution is 7.18. The van der Waals surface area contributed by atoms with Crippen LogP contribution in [0.5, 0.6) is 0 Å². The van der Waals surface area contributed by atoms with Crippen molar-refractivity contribution >= 4 is 27.5 Å². The number of fused-ring (bicyclic) bond motifs is 1. The zero-order valence-corrected chi connectivity index (χ0v) is 14.8. The Labute approximate surface area is 148 Å². The summed E-state index contributed by atoms with van der Waals surface area (Å²) in [4.78, 5) is 19.2. The SMILES string of the molecule is CN(Cc1nc2ccccc2s1)C(=O)c1cnn(C)c1-n1cccc1. The standard InChI is InChI=1S/C18H17N5OS/c1-21(12-16-20-14-7-3-4-8-15(14)25-16)18(24)13-11-19-22(2)17(13)23-9-5-6-10-23/h3-11H,12H2,1-2H3. The minimum Gasteiger partial charge on any atom is -0.335 e. The topological polar surface area (TPSA) is 56.0 Å². The average molecular weight is 351 g/mol. The maximum absolute atomic E-state index is 12.9. The van der Waals surface area contributed by atoms with E-state index < -0.39 is 0 Å². The van der Waals surface area contributed by atoms with E-state index in [2.05, 4.69) is 10.1 Å². The van der Waals surface area contributed by atoms with Crippen molar-refractivity contribution in [1.82, 2.24) is 24.2 Å². The van der Waals surface area contributed by atoms with Crippen LogP contribution in [0.2, 0.25) is 0 Å². The van der Waals surface area contributed by atoms with Gasteiger partial charge in [-0.05, 0) is 24.3 Å². The molecule has 0 spiro atoms. The quantitative estimate of drug-likeness (QED) is 0.568. The Kier molecular flexibility index (Phi) is 3.85. The summed E-state index contributed by atoms with van der Waals surface area (Å²) in [5.41, 5.74) is 1.54. The molecule has 6 nitrogen and oxygen atoms in total. The number of hydrogen-bond donors (Lipinski definition) is 0. The summed E-state index contributed by atoms with van der Waals surface area (Å²) in [6.45, 7) is 0.470. The lowest BCUT2D eigenvalue weighted by atomic mass is 10.3. The van der Waals surface area contributed by atoms with Crippen LogP contribution in [0.25, 0.3) is 16.0 Å². The molecule has 25 heavy (non-hydrogen) atoms. The average Bonchev–Trinajstić information content (AvgIpc) is 3.32. The lowest BCUT2D eigenvalue weighted by Gasteiger charge is -2.16. The van der Waals surface area contributed by atoms with Crippen LogP contribution in [0.3, 0.4) is 0 Å². The number of thiazole rings is 1. The molecule has 0 saturated carbocycles. The molecule has 4 rings (SSSR count). The van der Waals surface area contributed by atoms with E-state index in [1.165, 1.54) is 0 Å². The highest BCUT2D eigenvalue weighted by Crippen LogP contribution is 2.23. The second-order valence-electron chi connectivity index (χ2n) is 5.83. The van der Waals surface area contributed by atoms with Crippen LogP contribution in [-0.4, -0.2) is 37.2 Å². The van der Waals surface area contributed by atoms with E-state index in [4.69, 9.17) is 0 Å². The summed E-state index contributed by atoms with van der Waals surface area (Å²) in [6.07, 6.45) is 5.43. The summed E-state index contributed by atoms with van der Waals surface area (Å²) in [7, 11) is 3.63. The first-order valence-corrected chi connectivity index (χ1v) is 8.70. The van der Waals surface area contributed by atoms with Crippen molar-refractivity contribution in [3.8, 4) is 5.82 Å². The normalized spacial score (nSPS) is 11.1. The molecule has 1 amide bonds. The van der Waals surface area contributed by atoms with Crippen LogP contribution in [0.4, 0.5) is 0 Å². The predicted octanol–water partition coefficient (Wildman–Crippen LogP) is 3.09. The second-order valence-corrected chi connectivity index (χ2v) is 6.95. The highest BCUT2D eigenvalue weighted by Gasteiger charge is 2.21. The fourth-order valence-corrected chi connectivity index (χ4v) is 3.85. The maximum atomic E-state index is 12.9. The van der Waals surface area contributed by atoms with Gasteiger partial charge in [0.05, 0.1) is 23.0 Å². The zero-order chi connectivity index (χ0) is 17.4. The van der Waals surface area contributed by atoms with Gasteiger partial charge in [-0.1, -0.05) is 12.1 Å². The van der Waals surface area contributed by atoms with Crippen LogP contribution < -0.4 is 0 Å². The molecular formula is C18H17N5OS. The van der Waals surface area contributed by atoms with Gasteiger partial charge in [0.25, 0.3) is 5.91 Å². The van der Waals surface area contributed by atoms with Crippen LogP contribution in [0, 0.1) is 0 Å². The van der Waals surface area contributed by atoms with Crippen LogP contribution in [0.15, 0.2) is 55.0 Å². The molecule has 0 unspecified atom stereocenters. The van der Waals surface area contributed by atoms with E-state index in [1.54, 1.807) is 34.2 Å². The second kappa shape index (κ2) is 6.18.